The normalized spacial score (nSPS) is 11.5. The molecule has 2 nitrogen and oxygen atoms in total. The maximum Gasteiger partial charge on any atom is 0.0541 e. The van der Waals surface area contributed by atoms with Crippen molar-refractivity contribution in [1.82, 2.24) is 9.13 Å². The van der Waals surface area contributed by atoms with Crippen LogP contribution in [0.15, 0.2) is 340 Å². The van der Waals surface area contributed by atoms with E-state index in [4.69, 9.17) is 0 Å². The summed E-state index contributed by atoms with van der Waals surface area (Å²) in [5, 5.41) is 4.96. The monoisotopic (exact) mass is 1090 g/mol. The Bertz CT molecular complexity index is 5150. The summed E-state index contributed by atoms with van der Waals surface area (Å²) in [5.41, 5.74) is 28.7. The number of nitrogens with zero attached hydrogens (tertiary/aromatic N) is 2. The highest BCUT2D eigenvalue weighted by Gasteiger charge is 2.19. The second-order valence-corrected chi connectivity index (χ2v) is 22.4. The highest BCUT2D eigenvalue weighted by Crippen LogP contribution is 2.41. The third-order valence-corrected chi connectivity index (χ3v) is 17.4. The first-order valence-electron chi connectivity index (χ1n) is 29.6. The Labute approximate surface area is 501 Å². The fourth-order valence-corrected chi connectivity index (χ4v) is 13.0. The number of benzene rings is 14. The van der Waals surface area contributed by atoms with Gasteiger partial charge in [-0.25, -0.2) is 0 Å². The first kappa shape index (κ1) is 50.4. The molecule has 0 fully saturated rings. The smallest absolute Gasteiger partial charge is 0.0541 e. The van der Waals surface area contributed by atoms with Crippen molar-refractivity contribution in [3.05, 3.63) is 340 Å². The molecule has 2 aromatic heterocycles. The topological polar surface area (TPSA) is 9.86 Å². The van der Waals surface area contributed by atoms with E-state index >= 15 is 0 Å². The van der Waals surface area contributed by atoms with Gasteiger partial charge in [0.2, 0.25) is 0 Å². The molecule has 0 saturated heterocycles. The molecule has 0 N–H and O–H groups in total. The summed E-state index contributed by atoms with van der Waals surface area (Å²) in [6.45, 7) is 0. The van der Waals surface area contributed by atoms with E-state index in [1.807, 2.05) is 0 Å². The highest BCUT2D eigenvalue weighted by molar-refractivity contribution is 6.13. The van der Waals surface area contributed by atoms with Gasteiger partial charge in [0.05, 0.1) is 27.8 Å². The minimum atomic E-state index is 1.14. The zero-order chi connectivity index (χ0) is 56.9. The highest BCUT2D eigenvalue weighted by atomic mass is 15.0. The van der Waals surface area contributed by atoms with Crippen LogP contribution in [0.4, 0.5) is 0 Å². The summed E-state index contributed by atoms with van der Waals surface area (Å²) < 4.78 is 4.84. The second-order valence-electron chi connectivity index (χ2n) is 22.4. The maximum absolute atomic E-state index is 2.43. The first-order valence-corrected chi connectivity index (χ1v) is 29.6. The fourth-order valence-electron chi connectivity index (χ4n) is 13.0. The molecule has 0 spiro atoms. The van der Waals surface area contributed by atoms with Crippen molar-refractivity contribution in [2.24, 2.45) is 0 Å². The van der Waals surface area contributed by atoms with E-state index < -0.39 is 0 Å². The average Bonchev–Trinajstić information content (AvgIpc) is 1.86. The zero-order valence-corrected chi connectivity index (χ0v) is 47.2. The quantitative estimate of drug-likeness (QED) is 0.122. The van der Waals surface area contributed by atoms with Crippen LogP contribution in [-0.4, -0.2) is 9.13 Å². The Balaban J connectivity index is 0.623. The summed E-state index contributed by atoms with van der Waals surface area (Å²) in [5.74, 6) is 0. The summed E-state index contributed by atoms with van der Waals surface area (Å²) in [4.78, 5) is 0. The van der Waals surface area contributed by atoms with Gasteiger partial charge in [0, 0.05) is 32.8 Å². The van der Waals surface area contributed by atoms with E-state index in [0.29, 0.717) is 0 Å². The Morgan fingerprint density at radius 3 is 0.884 bits per heavy atom. The van der Waals surface area contributed by atoms with E-state index in [9.17, 15) is 0 Å². The minimum absolute atomic E-state index is 1.14. The Morgan fingerprint density at radius 2 is 0.430 bits per heavy atom. The summed E-state index contributed by atoms with van der Waals surface area (Å²) >= 11 is 0. The molecular weight excluding hydrogens is 1040 g/mol. The van der Waals surface area contributed by atoms with Gasteiger partial charge in [-0.05, 0) is 161 Å². The van der Waals surface area contributed by atoms with Crippen molar-refractivity contribution in [2.45, 2.75) is 0 Å². The van der Waals surface area contributed by atoms with Crippen LogP contribution < -0.4 is 0 Å². The number of hydrogen-bond donors (Lipinski definition) is 0. The van der Waals surface area contributed by atoms with Crippen LogP contribution in [0.1, 0.15) is 0 Å². The predicted octanol–water partition coefficient (Wildman–Crippen LogP) is 22.9. The number of aromatic nitrogens is 2. The molecule has 0 amide bonds. The molecule has 0 bridgehead atoms. The minimum Gasteiger partial charge on any atom is -0.309 e. The van der Waals surface area contributed by atoms with Crippen molar-refractivity contribution < 1.29 is 0 Å². The van der Waals surface area contributed by atoms with Crippen molar-refractivity contribution in [2.75, 3.05) is 0 Å². The van der Waals surface area contributed by atoms with E-state index in [-0.39, 0.29) is 0 Å². The molecule has 2 heteroatoms. The van der Waals surface area contributed by atoms with Crippen LogP contribution in [0.2, 0.25) is 0 Å². The Morgan fingerprint density at radius 1 is 0.151 bits per heavy atom. The molecule has 0 saturated carbocycles. The van der Waals surface area contributed by atoms with Gasteiger partial charge in [-0.3, -0.25) is 0 Å². The fraction of sp³-hybridized carbons (Fsp3) is 0. The van der Waals surface area contributed by atoms with Gasteiger partial charge < -0.3 is 9.13 Å². The molecule has 0 aliphatic rings. The third-order valence-electron chi connectivity index (χ3n) is 17.4. The van der Waals surface area contributed by atoms with Gasteiger partial charge >= 0.3 is 0 Å². The van der Waals surface area contributed by atoms with Crippen molar-refractivity contribution in [1.29, 1.82) is 0 Å². The van der Waals surface area contributed by atoms with E-state index in [1.165, 1.54) is 149 Å². The molecule has 0 aliphatic carbocycles. The van der Waals surface area contributed by atoms with Gasteiger partial charge in [-0.15, -0.1) is 0 Å². The van der Waals surface area contributed by atoms with Crippen LogP contribution in [0.3, 0.4) is 0 Å². The molecule has 0 unspecified atom stereocenters. The molecule has 86 heavy (non-hydrogen) atoms. The van der Waals surface area contributed by atoms with Crippen molar-refractivity contribution >= 4 is 43.6 Å². The van der Waals surface area contributed by atoms with Crippen molar-refractivity contribution in [3.8, 4) is 112 Å². The van der Waals surface area contributed by atoms with Gasteiger partial charge in [0.15, 0.2) is 0 Å². The second kappa shape index (κ2) is 21.5. The molecule has 14 aromatic carbocycles. The summed E-state index contributed by atoms with van der Waals surface area (Å²) in [6.07, 6.45) is 0. The summed E-state index contributed by atoms with van der Waals surface area (Å²) in [7, 11) is 0. The standard InChI is InChI=1S/C84H56N2/c1-3-15-57(16-4-1)58-29-31-59(32-30-58)61-37-41-65(42-38-61)68-19-13-21-70(53-68)71-22-14-20-69(54-71)66-43-39-62(40-44-66)60-33-35-63(36-34-60)64-45-49-74(50-46-64)85-81-27-11-8-24-76(81)78-55-72(47-51-83(78)85)73-48-52-84-79(56-73)77-25-9-12-28-82(77)86(84)80-26-10-7-23-75(80)67-17-5-2-6-18-67/h1-56H. The largest absolute Gasteiger partial charge is 0.309 e. The van der Waals surface area contributed by atoms with Crippen LogP contribution in [-0.2, 0) is 0 Å². The molecule has 16 aromatic rings. The molecule has 0 radical (unpaired) electrons. The molecule has 0 atom stereocenters. The van der Waals surface area contributed by atoms with Crippen LogP contribution >= 0.6 is 0 Å². The molecule has 2 heterocycles. The molecular formula is C84H56N2. The van der Waals surface area contributed by atoms with Gasteiger partial charge in [0.25, 0.3) is 0 Å². The van der Waals surface area contributed by atoms with E-state index in [1.54, 1.807) is 0 Å². The number of fused-ring (bicyclic) bond motifs is 6. The van der Waals surface area contributed by atoms with Gasteiger partial charge in [-0.2, -0.15) is 0 Å². The van der Waals surface area contributed by atoms with Crippen LogP contribution in [0.25, 0.3) is 155 Å². The first-order chi connectivity index (χ1) is 42.6. The van der Waals surface area contributed by atoms with Crippen LogP contribution in [0, 0.1) is 0 Å². The van der Waals surface area contributed by atoms with Crippen molar-refractivity contribution in [3.63, 3.8) is 0 Å². The van der Waals surface area contributed by atoms with Gasteiger partial charge in [0.1, 0.15) is 0 Å². The predicted molar refractivity (Wildman–Crippen MR) is 364 cm³/mol. The lowest BCUT2D eigenvalue weighted by Gasteiger charge is -2.14. The molecule has 402 valence electrons. The SMILES string of the molecule is c1ccc(-c2ccc(-c3ccc(-c4cccc(-c5cccc(-c6ccc(-c7ccc(-c8ccc(-n9c%10ccccc%10c%10cc(-c%11ccc%12c(c%11)c%11ccccc%11n%12-c%11ccccc%11-c%11ccccc%11)ccc%109)cc8)cc7)cc6)c5)c4)cc3)cc2)cc1. The lowest BCUT2D eigenvalue weighted by molar-refractivity contribution is 1.18. The Kier molecular flexibility index (Phi) is 12.6. The number of hydrogen-bond acceptors (Lipinski definition) is 0. The lowest BCUT2D eigenvalue weighted by atomic mass is 9.94. The lowest BCUT2D eigenvalue weighted by Crippen LogP contribution is -1.97. The number of rotatable bonds is 11. The van der Waals surface area contributed by atoms with Gasteiger partial charge in [-0.1, -0.05) is 273 Å². The molecule has 16 rings (SSSR count). The zero-order valence-electron chi connectivity index (χ0n) is 47.2. The molecule has 0 aliphatic heterocycles. The number of para-hydroxylation sites is 3. The summed E-state index contributed by atoms with van der Waals surface area (Å²) in [6, 6.07) is 124. The third kappa shape index (κ3) is 9.18. The average molecular weight is 1090 g/mol. The maximum atomic E-state index is 2.43. The van der Waals surface area contributed by atoms with E-state index in [2.05, 4.69) is 349 Å². The Hall–Kier alpha value is -11.3. The van der Waals surface area contributed by atoms with Crippen LogP contribution in [0.5, 0.6) is 0 Å². The van der Waals surface area contributed by atoms with E-state index in [0.717, 1.165) is 5.69 Å².